The van der Waals surface area contributed by atoms with Gasteiger partial charge in [-0.05, 0) is 13.3 Å². The zero-order chi connectivity index (χ0) is 22.4. The molecule has 2 atom stereocenters. The summed E-state index contributed by atoms with van der Waals surface area (Å²) in [6.45, 7) is 1.97. The van der Waals surface area contributed by atoms with Crippen LogP contribution in [0.4, 0.5) is 29.3 Å². The zero-order valence-corrected chi connectivity index (χ0v) is 16.3. The van der Waals surface area contributed by atoms with Crippen LogP contribution < -0.4 is 10.2 Å². The summed E-state index contributed by atoms with van der Waals surface area (Å²) in [5.41, 5.74) is 0.512. The van der Waals surface area contributed by atoms with Crippen LogP contribution in [0.5, 0.6) is 0 Å². The molecule has 0 saturated carbocycles. The summed E-state index contributed by atoms with van der Waals surface area (Å²) in [6.07, 6.45) is 1.65. The van der Waals surface area contributed by atoms with Crippen molar-refractivity contribution < 1.29 is 32.7 Å². The number of amides is 3. The Kier molecular flexibility index (Phi) is 5.07. The number of hydrogen-bond acceptors (Lipinski definition) is 4. The quantitative estimate of drug-likeness (QED) is 0.717. The van der Waals surface area contributed by atoms with Crippen molar-refractivity contribution in [3.8, 4) is 0 Å². The highest BCUT2D eigenvalue weighted by molar-refractivity contribution is 6.02. The Hall–Kier alpha value is -3.57. The van der Waals surface area contributed by atoms with Gasteiger partial charge in [-0.3, -0.25) is 14.4 Å². The molecule has 0 spiro atoms. The smallest absolute Gasteiger partial charge is 0.326 e. The summed E-state index contributed by atoms with van der Waals surface area (Å²) < 4.78 is 41.6. The normalized spacial score (nSPS) is 20.7. The van der Waals surface area contributed by atoms with E-state index in [1.807, 2.05) is 0 Å². The van der Waals surface area contributed by atoms with E-state index in [-0.39, 0.29) is 43.6 Å². The number of benzene rings is 1. The van der Waals surface area contributed by atoms with Gasteiger partial charge in [0.05, 0.1) is 36.7 Å². The number of urea groups is 1. The molecule has 164 valence electrons. The third-order valence-corrected chi connectivity index (χ3v) is 5.47. The SMILES string of the molecule is C[C@H]1Cn2ncc(N3C(=O)CC[C@H]3C(=O)O)c2CN1C(=O)Nc1cc(F)c(F)c(F)c1. The van der Waals surface area contributed by atoms with Gasteiger partial charge in [-0.15, -0.1) is 0 Å². The first-order chi connectivity index (χ1) is 14.7. The fourth-order valence-corrected chi connectivity index (χ4v) is 3.90. The van der Waals surface area contributed by atoms with Crippen molar-refractivity contribution in [1.29, 1.82) is 0 Å². The number of rotatable bonds is 3. The molecule has 0 unspecified atom stereocenters. The molecule has 0 aliphatic carbocycles. The lowest BCUT2D eigenvalue weighted by Gasteiger charge is -2.35. The van der Waals surface area contributed by atoms with Gasteiger partial charge in [0.1, 0.15) is 6.04 Å². The van der Waals surface area contributed by atoms with Crippen molar-refractivity contribution >= 4 is 29.3 Å². The minimum atomic E-state index is -1.64. The summed E-state index contributed by atoms with van der Waals surface area (Å²) in [7, 11) is 0. The lowest BCUT2D eigenvalue weighted by Crippen LogP contribution is -2.47. The molecule has 12 heteroatoms. The van der Waals surface area contributed by atoms with Gasteiger partial charge >= 0.3 is 12.0 Å². The number of carboxylic acids is 1. The second-order valence-electron chi connectivity index (χ2n) is 7.48. The van der Waals surface area contributed by atoms with Crippen LogP contribution >= 0.6 is 0 Å². The molecule has 2 aliphatic heterocycles. The van der Waals surface area contributed by atoms with Crippen LogP contribution in [0, 0.1) is 17.5 Å². The Morgan fingerprint density at radius 1 is 1.23 bits per heavy atom. The maximum absolute atomic E-state index is 13.5. The average Bonchev–Trinajstić information content (AvgIpc) is 3.27. The van der Waals surface area contributed by atoms with E-state index in [0.29, 0.717) is 23.5 Å². The number of carboxylic acid groups (broad SMARTS) is 1. The van der Waals surface area contributed by atoms with Gasteiger partial charge < -0.3 is 15.3 Å². The highest BCUT2D eigenvalue weighted by Crippen LogP contribution is 2.33. The van der Waals surface area contributed by atoms with Gasteiger partial charge in [-0.1, -0.05) is 0 Å². The molecule has 1 saturated heterocycles. The molecule has 3 heterocycles. The molecule has 9 nitrogen and oxygen atoms in total. The first kappa shape index (κ1) is 20.7. The molecule has 3 amide bonds. The number of hydrogen-bond donors (Lipinski definition) is 2. The number of anilines is 2. The molecule has 2 N–H and O–H groups in total. The predicted molar refractivity (Wildman–Crippen MR) is 101 cm³/mol. The highest BCUT2D eigenvalue weighted by Gasteiger charge is 2.41. The highest BCUT2D eigenvalue weighted by atomic mass is 19.2. The predicted octanol–water partition coefficient (Wildman–Crippen LogP) is 2.32. The molecule has 31 heavy (non-hydrogen) atoms. The summed E-state index contributed by atoms with van der Waals surface area (Å²) in [5.74, 6) is -5.99. The maximum atomic E-state index is 13.5. The van der Waals surface area contributed by atoms with Crippen molar-refractivity contribution in [3.05, 3.63) is 41.5 Å². The number of halogens is 3. The van der Waals surface area contributed by atoms with Crippen LogP contribution in [0.3, 0.4) is 0 Å². The second kappa shape index (κ2) is 7.60. The number of nitrogens with one attached hydrogen (secondary N) is 1. The summed E-state index contributed by atoms with van der Waals surface area (Å²) in [6, 6.07) is -0.756. The molecule has 1 fully saturated rings. The molecule has 2 aromatic rings. The van der Waals surface area contributed by atoms with Crippen molar-refractivity contribution in [2.75, 3.05) is 10.2 Å². The largest absolute Gasteiger partial charge is 0.480 e. The molecular formula is C19H18F3N5O4. The van der Waals surface area contributed by atoms with E-state index in [1.54, 1.807) is 11.6 Å². The fourth-order valence-electron chi connectivity index (χ4n) is 3.90. The summed E-state index contributed by atoms with van der Waals surface area (Å²) in [4.78, 5) is 39.2. The Morgan fingerprint density at radius 2 is 1.90 bits per heavy atom. The zero-order valence-electron chi connectivity index (χ0n) is 16.3. The third-order valence-electron chi connectivity index (χ3n) is 5.47. The first-order valence-corrected chi connectivity index (χ1v) is 9.49. The molecular weight excluding hydrogens is 419 g/mol. The molecule has 4 rings (SSSR count). The van der Waals surface area contributed by atoms with Gasteiger partial charge in [0, 0.05) is 24.2 Å². The van der Waals surface area contributed by atoms with Crippen LogP contribution in [0.25, 0.3) is 0 Å². The molecule has 1 aromatic carbocycles. The van der Waals surface area contributed by atoms with Crippen molar-refractivity contribution in [2.45, 2.75) is 44.9 Å². The Labute approximate surface area is 174 Å². The van der Waals surface area contributed by atoms with E-state index in [0.717, 1.165) is 0 Å². The minimum absolute atomic E-state index is 0.0232. The third kappa shape index (κ3) is 3.57. The van der Waals surface area contributed by atoms with E-state index >= 15 is 0 Å². The number of carbonyl (C=O) groups is 3. The van der Waals surface area contributed by atoms with Crippen LogP contribution in [-0.4, -0.2) is 49.8 Å². The standard InChI is InChI=1S/C19H18F3N5O4/c1-9-7-26-15(14(6-23-26)27-13(18(29)30)2-3-16(27)28)8-25(9)19(31)24-10-4-11(20)17(22)12(21)5-10/h4-6,9,13H,2-3,7-8H2,1H3,(H,24,31)(H,29,30)/t9-,13-/m0/s1. The molecule has 0 radical (unpaired) electrons. The van der Waals surface area contributed by atoms with Gasteiger partial charge in [0.2, 0.25) is 5.91 Å². The number of nitrogens with zero attached hydrogens (tertiary/aromatic N) is 4. The number of aromatic nitrogens is 2. The van der Waals surface area contributed by atoms with Crippen LogP contribution in [0.2, 0.25) is 0 Å². The summed E-state index contributed by atoms with van der Waals surface area (Å²) >= 11 is 0. The van der Waals surface area contributed by atoms with Crippen LogP contribution in [-0.2, 0) is 22.7 Å². The second-order valence-corrected chi connectivity index (χ2v) is 7.48. The lowest BCUT2D eigenvalue weighted by atomic mass is 10.1. The first-order valence-electron chi connectivity index (χ1n) is 9.49. The van der Waals surface area contributed by atoms with Gasteiger partial charge in [-0.25, -0.2) is 22.8 Å². The van der Waals surface area contributed by atoms with Crippen molar-refractivity contribution in [2.24, 2.45) is 0 Å². The van der Waals surface area contributed by atoms with Gasteiger partial charge in [-0.2, -0.15) is 5.10 Å². The lowest BCUT2D eigenvalue weighted by molar-refractivity contribution is -0.138. The number of aliphatic carboxylic acids is 1. The monoisotopic (exact) mass is 437 g/mol. The molecule has 2 aliphatic rings. The van der Waals surface area contributed by atoms with E-state index in [9.17, 15) is 32.7 Å². The van der Waals surface area contributed by atoms with Crippen LogP contribution in [0.15, 0.2) is 18.3 Å². The van der Waals surface area contributed by atoms with E-state index in [4.69, 9.17) is 0 Å². The van der Waals surface area contributed by atoms with Crippen molar-refractivity contribution in [1.82, 2.24) is 14.7 Å². The summed E-state index contributed by atoms with van der Waals surface area (Å²) in [5, 5.41) is 16.0. The van der Waals surface area contributed by atoms with Gasteiger partial charge in [0.25, 0.3) is 0 Å². The van der Waals surface area contributed by atoms with E-state index in [2.05, 4.69) is 10.4 Å². The Bertz CT molecular complexity index is 1070. The van der Waals surface area contributed by atoms with E-state index in [1.165, 1.54) is 16.0 Å². The Morgan fingerprint density at radius 3 is 2.55 bits per heavy atom. The number of carbonyl (C=O) groups excluding carboxylic acids is 2. The topological polar surface area (TPSA) is 108 Å². The fraction of sp³-hybridized carbons (Fsp3) is 0.368. The van der Waals surface area contributed by atoms with Crippen LogP contribution in [0.1, 0.15) is 25.5 Å². The average molecular weight is 437 g/mol. The van der Waals surface area contributed by atoms with Gasteiger partial charge in [0.15, 0.2) is 17.5 Å². The Balaban J connectivity index is 1.59. The molecule has 1 aromatic heterocycles. The number of fused-ring (bicyclic) bond motifs is 1. The molecule has 0 bridgehead atoms. The minimum Gasteiger partial charge on any atom is -0.480 e. The maximum Gasteiger partial charge on any atom is 0.326 e. The van der Waals surface area contributed by atoms with Crippen molar-refractivity contribution in [3.63, 3.8) is 0 Å². The van der Waals surface area contributed by atoms with E-state index < -0.39 is 35.5 Å².